The molecule has 130 valence electrons. The summed E-state index contributed by atoms with van der Waals surface area (Å²) in [5, 5.41) is 2.81. The van der Waals surface area contributed by atoms with Gasteiger partial charge in [-0.25, -0.2) is 4.98 Å². The Bertz CT molecular complexity index is 756. The van der Waals surface area contributed by atoms with Gasteiger partial charge in [-0.1, -0.05) is 19.1 Å². The van der Waals surface area contributed by atoms with Gasteiger partial charge in [0, 0.05) is 24.7 Å². The summed E-state index contributed by atoms with van der Waals surface area (Å²) in [6.07, 6.45) is 2.70. The van der Waals surface area contributed by atoms with Crippen molar-refractivity contribution in [3.8, 4) is 5.88 Å². The molecule has 1 aliphatic heterocycles. The summed E-state index contributed by atoms with van der Waals surface area (Å²) in [7, 11) is 1.53. The fourth-order valence-electron chi connectivity index (χ4n) is 2.86. The van der Waals surface area contributed by atoms with Crippen LogP contribution in [0.3, 0.4) is 0 Å². The number of aryl methyl sites for hydroxylation is 1. The van der Waals surface area contributed by atoms with Crippen LogP contribution in [0.15, 0.2) is 42.6 Å². The average Bonchev–Trinajstić information content (AvgIpc) is 3.04. The third-order valence-corrected chi connectivity index (χ3v) is 4.37. The second-order valence-electron chi connectivity index (χ2n) is 6.00. The first-order valence-electron chi connectivity index (χ1n) is 8.31. The number of pyridine rings is 1. The lowest BCUT2D eigenvalue weighted by atomic mass is 10.1. The Balaban J connectivity index is 1.65. The number of nitrogens with one attached hydrogen (secondary N) is 1. The van der Waals surface area contributed by atoms with Gasteiger partial charge < -0.3 is 15.0 Å². The normalized spacial score (nSPS) is 16.8. The van der Waals surface area contributed by atoms with E-state index in [2.05, 4.69) is 17.2 Å². The molecule has 1 aromatic heterocycles. The molecule has 1 saturated heterocycles. The first kappa shape index (κ1) is 17.0. The molecule has 6 heteroatoms. The highest BCUT2D eigenvalue weighted by Gasteiger charge is 2.35. The molecule has 3 rings (SSSR count). The van der Waals surface area contributed by atoms with E-state index in [0.29, 0.717) is 18.1 Å². The van der Waals surface area contributed by atoms with Crippen molar-refractivity contribution in [1.82, 2.24) is 4.98 Å². The monoisotopic (exact) mass is 339 g/mol. The minimum atomic E-state index is -0.375. The van der Waals surface area contributed by atoms with Crippen LogP contribution in [-0.4, -0.2) is 30.5 Å². The summed E-state index contributed by atoms with van der Waals surface area (Å²) in [5.74, 6) is -0.0959. The van der Waals surface area contributed by atoms with Crippen molar-refractivity contribution in [2.45, 2.75) is 19.8 Å². The van der Waals surface area contributed by atoms with Gasteiger partial charge in [0.25, 0.3) is 0 Å². The number of aromatic nitrogens is 1. The third-order valence-electron chi connectivity index (χ3n) is 4.37. The fraction of sp³-hybridized carbons (Fsp3) is 0.316. The number of nitrogens with zero attached hydrogens (tertiary/aromatic N) is 2. The maximum atomic E-state index is 12.4. The van der Waals surface area contributed by atoms with Crippen molar-refractivity contribution >= 4 is 23.2 Å². The summed E-state index contributed by atoms with van der Waals surface area (Å²) in [6, 6.07) is 11.3. The maximum absolute atomic E-state index is 12.4. The standard InChI is InChI=1S/C19H21N3O3/c1-3-13-4-7-16(8-5-13)22-12-14(10-18(22)23)19(24)21-15-6-9-17(25-2)20-11-15/h4-9,11,14H,3,10,12H2,1-2H3,(H,21,24)/t14-/m1/s1. The molecule has 2 aromatic rings. The number of carbonyl (C=O) groups is 2. The van der Waals surface area contributed by atoms with Gasteiger partial charge in [-0.05, 0) is 30.2 Å². The zero-order valence-corrected chi connectivity index (χ0v) is 14.4. The molecule has 1 N–H and O–H groups in total. The van der Waals surface area contributed by atoms with Crippen LogP contribution >= 0.6 is 0 Å². The Morgan fingerprint density at radius 1 is 1.28 bits per heavy atom. The number of hydrogen-bond donors (Lipinski definition) is 1. The summed E-state index contributed by atoms with van der Waals surface area (Å²) in [4.78, 5) is 30.5. The van der Waals surface area contributed by atoms with Gasteiger partial charge >= 0.3 is 0 Å². The number of benzene rings is 1. The minimum absolute atomic E-state index is 0.0303. The summed E-state index contributed by atoms with van der Waals surface area (Å²) < 4.78 is 4.99. The van der Waals surface area contributed by atoms with Crippen LogP contribution in [0, 0.1) is 5.92 Å². The van der Waals surface area contributed by atoms with Crippen molar-refractivity contribution in [2.24, 2.45) is 5.92 Å². The molecule has 1 aliphatic rings. The molecule has 0 unspecified atom stereocenters. The number of amides is 2. The molecule has 1 fully saturated rings. The summed E-state index contributed by atoms with van der Waals surface area (Å²) in [5.41, 5.74) is 2.64. The van der Waals surface area contributed by atoms with Crippen LogP contribution in [0.25, 0.3) is 0 Å². The Morgan fingerprint density at radius 2 is 2.04 bits per heavy atom. The fourth-order valence-corrected chi connectivity index (χ4v) is 2.86. The van der Waals surface area contributed by atoms with Crippen molar-refractivity contribution in [3.63, 3.8) is 0 Å². The second kappa shape index (κ2) is 7.34. The molecule has 0 aliphatic carbocycles. The molecule has 1 aromatic carbocycles. The van der Waals surface area contributed by atoms with Gasteiger partial charge in [-0.3, -0.25) is 9.59 Å². The molecule has 25 heavy (non-hydrogen) atoms. The van der Waals surface area contributed by atoms with Crippen LogP contribution in [0.1, 0.15) is 18.9 Å². The molecule has 1 atom stereocenters. The lowest BCUT2D eigenvalue weighted by Gasteiger charge is -2.17. The molecule has 6 nitrogen and oxygen atoms in total. The van der Waals surface area contributed by atoms with E-state index in [1.54, 1.807) is 17.0 Å². The molecular weight excluding hydrogens is 318 g/mol. The van der Waals surface area contributed by atoms with Crippen LogP contribution in [0.5, 0.6) is 5.88 Å². The Labute approximate surface area is 146 Å². The van der Waals surface area contributed by atoms with Crippen LogP contribution < -0.4 is 15.0 Å². The zero-order chi connectivity index (χ0) is 17.8. The molecule has 0 radical (unpaired) electrons. The average molecular weight is 339 g/mol. The summed E-state index contributed by atoms with van der Waals surface area (Å²) >= 11 is 0. The van der Waals surface area contributed by atoms with Gasteiger partial charge in [-0.15, -0.1) is 0 Å². The van der Waals surface area contributed by atoms with Crippen molar-refractivity contribution in [1.29, 1.82) is 0 Å². The molecule has 2 amide bonds. The lowest BCUT2D eigenvalue weighted by Crippen LogP contribution is -2.28. The predicted octanol–water partition coefficient (Wildman–Crippen LogP) is 2.64. The minimum Gasteiger partial charge on any atom is -0.481 e. The first-order chi connectivity index (χ1) is 12.1. The zero-order valence-electron chi connectivity index (χ0n) is 14.4. The number of carbonyl (C=O) groups excluding carboxylic acids is 2. The van der Waals surface area contributed by atoms with Gasteiger partial charge in [0.15, 0.2) is 0 Å². The van der Waals surface area contributed by atoms with E-state index in [9.17, 15) is 9.59 Å². The highest BCUT2D eigenvalue weighted by molar-refractivity contribution is 6.03. The van der Waals surface area contributed by atoms with Crippen LogP contribution in [0.4, 0.5) is 11.4 Å². The number of anilines is 2. The van der Waals surface area contributed by atoms with Gasteiger partial charge in [-0.2, -0.15) is 0 Å². The van der Waals surface area contributed by atoms with E-state index in [1.165, 1.54) is 18.9 Å². The molecule has 0 bridgehead atoms. The number of ether oxygens (including phenoxy) is 1. The van der Waals surface area contributed by atoms with E-state index in [4.69, 9.17) is 4.74 Å². The number of rotatable bonds is 5. The Kier molecular flexibility index (Phi) is 4.97. The first-order valence-corrected chi connectivity index (χ1v) is 8.31. The van der Waals surface area contributed by atoms with Gasteiger partial charge in [0.2, 0.25) is 17.7 Å². The Hall–Kier alpha value is -2.89. The topological polar surface area (TPSA) is 71.5 Å². The van der Waals surface area contributed by atoms with Crippen LogP contribution in [-0.2, 0) is 16.0 Å². The highest BCUT2D eigenvalue weighted by atomic mass is 16.5. The lowest BCUT2D eigenvalue weighted by molar-refractivity contribution is -0.122. The van der Waals surface area contributed by atoms with Gasteiger partial charge in [0.05, 0.1) is 24.9 Å². The van der Waals surface area contributed by atoms with E-state index in [0.717, 1.165) is 12.1 Å². The van der Waals surface area contributed by atoms with Crippen molar-refractivity contribution in [2.75, 3.05) is 23.9 Å². The number of methoxy groups -OCH3 is 1. The predicted molar refractivity (Wildman–Crippen MR) is 95.7 cm³/mol. The van der Waals surface area contributed by atoms with E-state index < -0.39 is 0 Å². The highest BCUT2D eigenvalue weighted by Crippen LogP contribution is 2.26. The summed E-state index contributed by atoms with van der Waals surface area (Å²) in [6.45, 7) is 2.48. The van der Waals surface area contributed by atoms with Crippen LogP contribution in [0.2, 0.25) is 0 Å². The number of hydrogen-bond acceptors (Lipinski definition) is 4. The molecule has 0 spiro atoms. The largest absolute Gasteiger partial charge is 0.481 e. The smallest absolute Gasteiger partial charge is 0.229 e. The molecule has 0 saturated carbocycles. The van der Waals surface area contributed by atoms with Crippen molar-refractivity contribution in [3.05, 3.63) is 48.2 Å². The van der Waals surface area contributed by atoms with E-state index in [1.807, 2.05) is 24.3 Å². The third kappa shape index (κ3) is 3.79. The van der Waals surface area contributed by atoms with E-state index in [-0.39, 0.29) is 24.2 Å². The Morgan fingerprint density at radius 3 is 2.64 bits per heavy atom. The van der Waals surface area contributed by atoms with Gasteiger partial charge in [0.1, 0.15) is 0 Å². The maximum Gasteiger partial charge on any atom is 0.229 e. The molecular formula is C19H21N3O3. The van der Waals surface area contributed by atoms with Crippen molar-refractivity contribution < 1.29 is 14.3 Å². The SMILES string of the molecule is CCc1ccc(N2C[C@H](C(=O)Nc3ccc(OC)nc3)CC2=O)cc1. The quantitative estimate of drug-likeness (QED) is 0.909. The second-order valence-corrected chi connectivity index (χ2v) is 6.00. The van der Waals surface area contributed by atoms with E-state index >= 15 is 0 Å². The molecule has 2 heterocycles.